The molecule has 29 heavy (non-hydrogen) atoms. The Morgan fingerprint density at radius 1 is 1.10 bits per heavy atom. The first-order valence-electron chi connectivity index (χ1n) is 9.78. The third-order valence-electron chi connectivity index (χ3n) is 4.68. The molecule has 2 heterocycles. The van der Waals surface area contributed by atoms with E-state index in [0.717, 1.165) is 36.2 Å². The second kappa shape index (κ2) is 9.23. The van der Waals surface area contributed by atoms with Crippen molar-refractivity contribution in [3.8, 4) is 11.1 Å². The Labute approximate surface area is 169 Å². The minimum Gasteiger partial charge on any atom is -0.476 e. The fraction of sp³-hybridized carbons (Fsp3) is 0.318. The van der Waals surface area contributed by atoms with Gasteiger partial charge in [0.05, 0.1) is 6.54 Å². The van der Waals surface area contributed by atoms with Crippen molar-refractivity contribution < 1.29 is 14.7 Å². The van der Waals surface area contributed by atoms with Crippen molar-refractivity contribution >= 4 is 11.8 Å². The summed E-state index contributed by atoms with van der Waals surface area (Å²) in [5.41, 5.74) is 2.38. The Hall–Kier alpha value is -3.35. The predicted molar refractivity (Wildman–Crippen MR) is 109 cm³/mol. The number of ketones is 1. The van der Waals surface area contributed by atoms with Crippen LogP contribution in [-0.4, -0.2) is 36.6 Å². The van der Waals surface area contributed by atoms with Crippen LogP contribution >= 0.6 is 0 Å². The van der Waals surface area contributed by atoms with Crippen LogP contribution in [0.2, 0.25) is 0 Å². The maximum absolute atomic E-state index is 12.0. The van der Waals surface area contributed by atoms with Crippen LogP contribution < -0.4 is 0 Å². The van der Waals surface area contributed by atoms with Crippen LogP contribution in [0.15, 0.2) is 42.6 Å². The molecule has 3 aromatic rings. The van der Waals surface area contributed by atoms with Gasteiger partial charge in [-0.3, -0.25) is 4.79 Å². The Morgan fingerprint density at radius 2 is 1.86 bits per heavy atom. The minimum atomic E-state index is -1.05. The van der Waals surface area contributed by atoms with Gasteiger partial charge in [-0.05, 0) is 23.6 Å². The summed E-state index contributed by atoms with van der Waals surface area (Å²) < 4.78 is 1.79. The number of carbonyl (C=O) groups excluding carboxylic acids is 1. The monoisotopic (exact) mass is 392 g/mol. The summed E-state index contributed by atoms with van der Waals surface area (Å²) in [7, 11) is 0. The number of carboxylic acids is 1. The molecule has 0 saturated heterocycles. The highest BCUT2D eigenvalue weighted by Gasteiger charge is 2.16. The molecule has 0 radical (unpaired) electrons. The highest BCUT2D eigenvalue weighted by atomic mass is 16.4. The number of rotatable bonds is 9. The largest absolute Gasteiger partial charge is 0.476 e. The highest BCUT2D eigenvalue weighted by molar-refractivity contribution is 5.93. The van der Waals surface area contributed by atoms with E-state index in [0.29, 0.717) is 18.5 Å². The van der Waals surface area contributed by atoms with Crippen LogP contribution in [0.25, 0.3) is 11.1 Å². The summed E-state index contributed by atoms with van der Waals surface area (Å²) in [4.78, 5) is 31.8. The molecule has 1 N–H and O–H groups in total. The number of carbonyl (C=O) groups is 2. The summed E-state index contributed by atoms with van der Waals surface area (Å²) in [5, 5.41) is 13.8. The quantitative estimate of drug-likeness (QED) is 0.552. The van der Waals surface area contributed by atoms with Crippen molar-refractivity contribution in [2.75, 3.05) is 0 Å². The average Bonchev–Trinajstić information content (AvgIpc) is 3.14. The summed E-state index contributed by atoms with van der Waals surface area (Å²) in [6.07, 6.45) is 4.64. The van der Waals surface area contributed by atoms with E-state index in [1.54, 1.807) is 23.7 Å². The first-order valence-corrected chi connectivity index (χ1v) is 9.78. The van der Waals surface area contributed by atoms with E-state index < -0.39 is 5.97 Å². The fourth-order valence-electron chi connectivity index (χ4n) is 3.07. The van der Waals surface area contributed by atoms with E-state index in [-0.39, 0.29) is 17.3 Å². The van der Waals surface area contributed by atoms with Crippen molar-refractivity contribution in [2.24, 2.45) is 0 Å². The Balaban J connectivity index is 1.85. The lowest BCUT2D eigenvalue weighted by Gasteiger charge is -2.08. The van der Waals surface area contributed by atoms with Crippen molar-refractivity contribution in [1.82, 2.24) is 19.7 Å². The topological polar surface area (TPSA) is 98.0 Å². The number of Topliss-reactive ketones (excluding diaryl/α,β-unsaturated/α-hetero) is 1. The van der Waals surface area contributed by atoms with Crippen molar-refractivity contribution in [1.29, 1.82) is 0 Å². The third kappa shape index (κ3) is 4.74. The second-order valence-corrected chi connectivity index (χ2v) is 6.79. The average molecular weight is 392 g/mol. The van der Waals surface area contributed by atoms with Gasteiger partial charge in [-0.25, -0.2) is 19.4 Å². The molecule has 0 atom stereocenters. The Morgan fingerprint density at radius 3 is 2.52 bits per heavy atom. The maximum Gasteiger partial charge on any atom is 0.355 e. The van der Waals surface area contributed by atoms with Crippen LogP contribution in [0.1, 0.15) is 65.6 Å². The van der Waals surface area contributed by atoms with Crippen molar-refractivity contribution in [3.63, 3.8) is 0 Å². The molecule has 0 saturated carbocycles. The molecular weight excluding hydrogens is 368 g/mol. The zero-order valence-corrected chi connectivity index (χ0v) is 16.6. The molecule has 0 unspecified atom stereocenters. The predicted octanol–water partition coefficient (Wildman–Crippen LogP) is 4.02. The fourth-order valence-corrected chi connectivity index (χ4v) is 3.07. The van der Waals surface area contributed by atoms with E-state index in [2.05, 4.69) is 22.0 Å². The smallest absolute Gasteiger partial charge is 0.355 e. The number of hydrogen-bond donors (Lipinski definition) is 1. The number of aromatic carboxylic acids is 1. The van der Waals surface area contributed by atoms with E-state index >= 15 is 0 Å². The van der Waals surface area contributed by atoms with Gasteiger partial charge in [-0.2, -0.15) is 0 Å². The number of nitrogens with zero attached hydrogens (tertiary/aromatic N) is 4. The van der Waals surface area contributed by atoms with Crippen LogP contribution in [0, 0.1) is 0 Å². The molecule has 2 aromatic heterocycles. The minimum absolute atomic E-state index is 0.0288. The lowest BCUT2D eigenvalue weighted by Crippen LogP contribution is -2.08. The van der Waals surface area contributed by atoms with Gasteiger partial charge in [0.1, 0.15) is 5.82 Å². The van der Waals surface area contributed by atoms with E-state index in [1.165, 1.54) is 6.20 Å². The molecule has 0 spiro atoms. The highest BCUT2D eigenvalue weighted by Crippen LogP contribution is 2.23. The number of pyridine rings is 1. The lowest BCUT2D eigenvalue weighted by atomic mass is 10.0. The molecular formula is C22H24N4O3. The van der Waals surface area contributed by atoms with Gasteiger partial charge in [0, 0.05) is 24.6 Å². The van der Waals surface area contributed by atoms with Crippen LogP contribution in [0.5, 0.6) is 0 Å². The van der Waals surface area contributed by atoms with Crippen molar-refractivity contribution in [2.45, 2.75) is 46.1 Å². The molecule has 0 amide bonds. The third-order valence-corrected chi connectivity index (χ3v) is 4.68. The van der Waals surface area contributed by atoms with Gasteiger partial charge in [-0.15, -0.1) is 5.10 Å². The van der Waals surface area contributed by atoms with Gasteiger partial charge in [0.25, 0.3) is 0 Å². The van der Waals surface area contributed by atoms with Crippen LogP contribution in [0.3, 0.4) is 0 Å². The molecule has 3 rings (SSSR count). The summed E-state index contributed by atoms with van der Waals surface area (Å²) in [6.45, 7) is 4.42. The summed E-state index contributed by atoms with van der Waals surface area (Å²) >= 11 is 0. The maximum atomic E-state index is 12.0. The molecule has 0 bridgehead atoms. The molecule has 0 aliphatic heterocycles. The number of aromatic nitrogens is 4. The van der Waals surface area contributed by atoms with E-state index in [1.807, 2.05) is 24.3 Å². The molecule has 150 valence electrons. The molecule has 0 aliphatic rings. The Kier molecular flexibility index (Phi) is 6.49. The number of unbranched alkanes of at least 4 members (excludes halogenated alkanes) is 1. The van der Waals surface area contributed by atoms with Crippen molar-refractivity contribution in [3.05, 3.63) is 65.5 Å². The van der Waals surface area contributed by atoms with Gasteiger partial charge in [0.2, 0.25) is 11.6 Å². The van der Waals surface area contributed by atoms with E-state index in [9.17, 15) is 14.7 Å². The number of benzene rings is 1. The first-order chi connectivity index (χ1) is 14.0. The van der Waals surface area contributed by atoms with Gasteiger partial charge < -0.3 is 5.11 Å². The van der Waals surface area contributed by atoms with Crippen LogP contribution in [-0.2, 0) is 13.0 Å². The number of hydrogen-bond acceptors (Lipinski definition) is 5. The number of aryl methyl sites for hydroxylation is 1. The summed E-state index contributed by atoms with van der Waals surface area (Å²) in [6, 6.07) is 11.1. The lowest BCUT2D eigenvalue weighted by molar-refractivity contribution is 0.0691. The molecule has 7 heteroatoms. The Bertz CT molecular complexity index is 1010. The van der Waals surface area contributed by atoms with Crippen LogP contribution in [0.4, 0.5) is 0 Å². The van der Waals surface area contributed by atoms with Gasteiger partial charge in [-0.1, -0.05) is 50.6 Å². The standard InChI is InChI=1S/C22H24N4O3/c1-3-5-8-19-24-21(18(27)4-2)25-26(19)14-15-9-11-16(12-10-15)17-7-6-13-23-20(17)22(28)29/h6-7,9-13H,3-5,8,14H2,1-2H3,(H,28,29). The normalized spacial score (nSPS) is 10.8. The zero-order valence-electron chi connectivity index (χ0n) is 16.6. The molecule has 1 aromatic carbocycles. The van der Waals surface area contributed by atoms with E-state index in [4.69, 9.17) is 0 Å². The molecule has 0 fully saturated rings. The second-order valence-electron chi connectivity index (χ2n) is 6.79. The molecule has 0 aliphatic carbocycles. The SMILES string of the molecule is CCCCc1nc(C(=O)CC)nn1Cc1ccc(-c2cccnc2C(=O)O)cc1. The summed E-state index contributed by atoms with van der Waals surface area (Å²) in [5.74, 6) is -0.0274. The number of carboxylic acid groups (broad SMARTS) is 1. The zero-order chi connectivity index (χ0) is 20.8. The first kappa shape index (κ1) is 20.4. The molecule has 7 nitrogen and oxygen atoms in total. The van der Waals surface area contributed by atoms with Gasteiger partial charge >= 0.3 is 5.97 Å². The van der Waals surface area contributed by atoms with Gasteiger partial charge in [0.15, 0.2) is 5.69 Å².